The van der Waals surface area contributed by atoms with Crippen LogP contribution in [0.5, 0.6) is 0 Å². The van der Waals surface area contributed by atoms with Gasteiger partial charge in [0.2, 0.25) is 0 Å². The molecule has 0 amide bonds. The average molecular weight is 274 g/mol. The lowest BCUT2D eigenvalue weighted by Gasteiger charge is -2.07. The summed E-state index contributed by atoms with van der Waals surface area (Å²) in [6.07, 6.45) is 2.13. The number of aryl methyl sites for hydroxylation is 1. The normalized spacial score (nSPS) is 10.5. The minimum Gasteiger partial charge on any atom is -0.312 e. The van der Waals surface area contributed by atoms with E-state index in [9.17, 15) is 0 Å². The Morgan fingerprint density at radius 1 is 1.43 bits per heavy atom. The molecule has 78 valence electrons. The topological polar surface area (TPSA) is 12.0 Å². The second kappa shape index (κ2) is 6.49. The lowest BCUT2D eigenvalue weighted by molar-refractivity contribution is 0.729. The SMILES string of the molecule is CSCCNCc1ccc(Br)cc1C. The van der Waals surface area contributed by atoms with E-state index >= 15 is 0 Å². The molecule has 0 aromatic heterocycles. The van der Waals surface area contributed by atoms with Crippen LogP contribution in [0.25, 0.3) is 0 Å². The summed E-state index contributed by atoms with van der Waals surface area (Å²) in [4.78, 5) is 0. The molecule has 0 aliphatic rings. The van der Waals surface area contributed by atoms with Crippen LogP contribution in [0.15, 0.2) is 22.7 Å². The Bertz CT molecular complexity index is 289. The van der Waals surface area contributed by atoms with E-state index in [0.29, 0.717) is 0 Å². The van der Waals surface area contributed by atoms with Gasteiger partial charge in [0, 0.05) is 23.3 Å². The van der Waals surface area contributed by atoms with E-state index in [-0.39, 0.29) is 0 Å². The monoisotopic (exact) mass is 273 g/mol. The summed E-state index contributed by atoms with van der Waals surface area (Å²) in [5.41, 5.74) is 2.73. The molecule has 0 aliphatic heterocycles. The second-order valence-corrected chi connectivity index (χ2v) is 5.14. The van der Waals surface area contributed by atoms with Gasteiger partial charge in [0.15, 0.2) is 0 Å². The van der Waals surface area contributed by atoms with Crippen LogP contribution in [-0.2, 0) is 6.54 Å². The maximum Gasteiger partial charge on any atom is 0.0208 e. The Kier molecular flexibility index (Phi) is 5.60. The summed E-state index contributed by atoms with van der Waals surface area (Å²) in [5, 5.41) is 3.43. The van der Waals surface area contributed by atoms with Gasteiger partial charge in [-0.2, -0.15) is 11.8 Å². The molecule has 0 unspecified atom stereocenters. The van der Waals surface area contributed by atoms with Gasteiger partial charge in [-0.05, 0) is 36.4 Å². The molecular formula is C11H16BrNS. The third kappa shape index (κ3) is 4.03. The van der Waals surface area contributed by atoms with E-state index in [2.05, 4.69) is 52.6 Å². The Morgan fingerprint density at radius 2 is 2.21 bits per heavy atom. The van der Waals surface area contributed by atoms with Crippen LogP contribution in [-0.4, -0.2) is 18.6 Å². The molecule has 0 bridgehead atoms. The number of rotatable bonds is 5. The number of hydrogen-bond acceptors (Lipinski definition) is 2. The molecule has 0 fully saturated rings. The molecule has 0 saturated carbocycles. The minimum absolute atomic E-state index is 0.972. The van der Waals surface area contributed by atoms with Crippen LogP contribution in [0.3, 0.4) is 0 Å². The van der Waals surface area contributed by atoms with Crippen molar-refractivity contribution in [2.45, 2.75) is 13.5 Å². The summed E-state index contributed by atoms with van der Waals surface area (Å²) in [7, 11) is 0. The summed E-state index contributed by atoms with van der Waals surface area (Å²) in [6, 6.07) is 6.43. The van der Waals surface area contributed by atoms with Crippen LogP contribution in [0, 0.1) is 6.92 Å². The molecule has 0 radical (unpaired) electrons. The van der Waals surface area contributed by atoms with Gasteiger partial charge < -0.3 is 5.32 Å². The van der Waals surface area contributed by atoms with E-state index in [0.717, 1.165) is 17.6 Å². The van der Waals surface area contributed by atoms with E-state index in [1.54, 1.807) is 0 Å². The van der Waals surface area contributed by atoms with Gasteiger partial charge in [-0.1, -0.05) is 22.0 Å². The lowest BCUT2D eigenvalue weighted by Crippen LogP contribution is -2.16. The van der Waals surface area contributed by atoms with E-state index < -0.39 is 0 Å². The molecule has 0 saturated heterocycles. The van der Waals surface area contributed by atoms with Crippen LogP contribution in [0.2, 0.25) is 0 Å². The van der Waals surface area contributed by atoms with Gasteiger partial charge in [-0.15, -0.1) is 0 Å². The molecule has 0 atom stereocenters. The van der Waals surface area contributed by atoms with Crippen molar-refractivity contribution < 1.29 is 0 Å². The summed E-state index contributed by atoms with van der Waals surface area (Å²) in [5.74, 6) is 1.18. The van der Waals surface area contributed by atoms with Gasteiger partial charge in [-0.25, -0.2) is 0 Å². The fourth-order valence-electron chi connectivity index (χ4n) is 1.25. The van der Waals surface area contributed by atoms with Crippen LogP contribution in [0.4, 0.5) is 0 Å². The highest BCUT2D eigenvalue weighted by molar-refractivity contribution is 9.10. The number of nitrogens with one attached hydrogen (secondary N) is 1. The molecule has 1 N–H and O–H groups in total. The maximum atomic E-state index is 3.47. The highest BCUT2D eigenvalue weighted by atomic mass is 79.9. The van der Waals surface area contributed by atoms with Crippen molar-refractivity contribution in [3.8, 4) is 0 Å². The average Bonchev–Trinajstić information content (AvgIpc) is 2.15. The van der Waals surface area contributed by atoms with E-state index in [4.69, 9.17) is 0 Å². The van der Waals surface area contributed by atoms with Crippen LogP contribution in [0.1, 0.15) is 11.1 Å². The quantitative estimate of drug-likeness (QED) is 0.827. The zero-order valence-corrected chi connectivity index (χ0v) is 11.0. The van der Waals surface area contributed by atoms with Crippen molar-refractivity contribution in [1.29, 1.82) is 0 Å². The first-order valence-electron chi connectivity index (χ1n) is 4.68. The van der Waals surface area contributed by atoms with Gasteiger partial charge >= 0.3 is 0 Å². The molecule has 1 nitrogen and oxygen atoms in total. The predicted molar refractivity (Wildman–Crippen MR) is 69.0 cm³/mol. The van der Waals surface area contributed by atoms with Crippen LogP contribution < -0.4 is 5.32 Å². The third-order valence-electron chi connectivity index (χ3n) is 2.10. The second-order valence-electron chi connectivity index (χ2n) is 3.24. The number of halogens is 1. The molecule has 14 heavy (non-hydrogen) atoms. The molecule has 0 aliphatic carbocycles. The fraction of sp³-hybridized carbons (Fsp3) is 0.455. The van der Waals surface area contributed by atoms with E-state index in [1.807, 2.05) is 11.8 Å². The van der Waals surface area contributed by atoms with Crippen molar-refractivity contribution in [1.82, 2.24) is 5.32 Å². The first kappa shape index (κ1) is 12.1. The summed E-state index contributed by atoms with van der Waals surface area (Å²) in [6.45, 7) is 4.20. The molecule has 0 spiro atoms. The number of benzene rings is 1. The van der Waals surface area contributed by atoms with Crippen molar-refractivity contribution in [2.24, 2.45) is 0 Å². The Balaban J connectivity index is 2.42. The first-order valence-corrected chi connectivity index (χ1v) is 6.87. The van der Waals surface area contributed by atoms with Gasteiger partial charge in [0.25, 0.3) is 0 Å². The summed E-state index contributed by atoms with van der Waals surface area (Å²) >= 11 is 5.34. The van der Waals surface area contributed by atoms with Crippen molar-refractivity contribution in [2.75, 3.05) is 18.6 Å². The summed E-state index contributed by atoms with van der Waals surface area (Å²) < 4.78 is 1.16. The lowest BCUT2D eigenvalue weighted by atomic mass is 10.1. The molecule has 1 aromatic carbocycles. The minimum atomic E-state index is 0.972. The predicted octanol–water partition coefficient (Wildman–Crippen LogP) is 3.21. The molecule has 1 rings (SSSR count). The highest BCUT2D eigenvalue weighted by Crippen LogP contribution is 2.15. The zero-order valence-electron chi connectivity index (χ0n) is 8.64. The maximum absolute atomic E-state index is 3.47. The standard InChI is InChI=1S/C11H16BrNS/c1-9-7-11(12)4-3-10(9)8-13-5-6-14-2/h3-4,7,13H,5-6,8H2,1-2H3. The van der Waals surface area contributed by atoms with E-state index in [1.165, 1.54) is 16.9 Å². The largest absolute Gasteiger partial charge is 0.312 e. The Labute approximate surface area is 98.8 Å². The van der Waals surface area contributed by atoms with Gasteiger partial charge in [0.05, 0.1) is 0 Å². The smallest absolute Gasteiger partial charge is 0.0208 e. The first-order chi connectivity index (χ1) is 6.74. The van der Waals surface area contributed by atoms with Crippen molar-refractivity contribution in [3.63, 3.8) is 0 Å². The van der Waals surface area contributed by atoms with Gasteiger partial charge in [-0.3, -0.25) is 0 Å². The number of thioether (sulfide) groups is 1. The Morgan fingerprint density at radius 3 is 2.86 bits per heavy atom. The highest BCUT2D eigenvalue weighted by Gasteiger charge is 1.97. The third-order valence-corrected chi connectivity index (χ3v) is 3.21. The van der Waals surface area contributed by atoms with Crippen molar-refractivity contribution in [3.05, 3.63) is 33.8 Å². The molecule has 1 aromatic rings. The van der Waals surface area contributed by atoms with Crippen molar-refractivity contribution >= 4 is 27.7 Å². The van der Waals surface area contributed by atoms with Gasteiger partial charge in [0.1, 0.15) is 0 Å². The fourth-order valence-corrected chi connectivity index (χ4v) is 2.08. The zero-order chi connectivity index (χ0) is 10.4. The molecular weight excluding hydrogens is 258 g/mol. The molecule has 0 heterocycles. The molecule has 3 heteroatoms. The number of hydrogen-bond donors (Lipinski definition) is 1. The Hall–Kier alpha value is 0.01000. The van der Waals surface area contributed by atoms with Crippen LogP contribution >= 0.6 is 27.7 Å².